The predicted octanol–water partition coefficient (Wildman–Crippen LogP) is 3.03. The molecule has 0 bridgehead atoms. The van der Waals surface area contributed by atoms with Crippen LogP contribution in [0.1, 0.15) is 62.3 Å². The zero-order chi connectivity index (χ0) is 22.9. The van der Waals surface area contributed by atoms with E-state index < -0.39 is 53.5 Å². The molecule has 0 saturated carbocycles. The lowest BCUT2D eigenvalue weighted by molar-refractivity contribution is -0.154. The molecule has 0 saturated heterocycles. The molecule has 0 unspecified atom stereocenters. The van der Waals surface area contributed by atoms with Gasteiger partial charge in [0.05, 0.1) is 0 Å². The van der Waals surface area contributed by atoms with Crippen molar-refractivity contribution in [1.29, 1.82) is 0 Å². The van der Waals surface area contributed by atoms with E-state index in [0.717, 1.165) is 0 Å². The molecule has 0 radical (unpaired) electrons. The summed E-state index contributed by atoms with van der Waals surface area (Å²) in [5, 5.41) is 19.1. The summed E-state index contributed by atoms with van der Waals surface area (Å²) in [5.41, 5.74) is -1.68. The van der Waals surface area contributed by atoms with Crippen LogP contribution in [0.25, 0.3) is 0 Å². The van der Waals surface area contributed by atoms with Gasteiger partial charge in [0.1, 0.15) is 16.8 Å². The third-order valence-corrected chi connectivity index (χ3v) is 2.22. The molecule has 0 rings (SSSR count). The average Bonchev–Trinajstić information content (AvgIpc) is 2.31. The van der Waals surface area contributed by atoms with Gasteiger partial charge < -0.3 is 29.7 Å². The topological polar surface area (TPSA) is 148 Å². The second kappa shape index (κ2) is 10.7. The molecule has 0 heterocycles. The van der Waals surface area contributed by atoms with Crippen LogP contribution < -0.4 is 5.32 Å². The van der Waals surface area contributed by atoms with Gasteiger partial charge in [-0.25, -0.2) is 9.59 Å². The molecule has 0 aromatic rings. The van der Waals surface area contributed by atoms with Crippen molar-refractivity contribution in [1.82, 2.24) is 5.32 Å². The van der Waals surface area contributed by atoms with Crippen LogP contribution in [0.5, 0.6) is 0 Å². The normalized spacial score (nSPS) is 11.6. The van der Waals surface area contributed by atoms with E-state index in [4.69, 9.17) is 24.4 Å². The number of alkyl carbamates (subject to hydrolysis) is 1. The quantitative estimate of drug-likeness (QED) is 0.472. The number of carbonyl (C=O) groups is 4. The standard InChI is InChI=1S/C9H15NO6.C9H18O3/c1-9(2,3)16-8(15)10-4-5(6(11)12)7(13)14;1-8(2,3)11-7(10)12-9(4,5)6/h5H,4H2,1-3H3,(H,10,15)(H,11,12)(H,13,14);1-6H3. The van der Waals surface area contributed by atoms with E-state index in [0.29, 0.717) is 0 Å². The summed E-state index contributed by atoms with van der Waals surface area (Å²) in [4.78, 5) is 43.1. The van der Waals surface area contributed by atoms with Crippen LogP contribution in [0.3, 0.4) is 0 Å². The summed E-state index contributed by atoms with van der Waals surface area (Å²) >= 11 is 0. The largest absolute Gasteiger partial charge is 0.509 e. The molecular weight excluding hydrogens is 374 g/mol. The van der Waals surface area contributed by atoms with Crippen LogP contribution in [0.15, 0.2) is 0 Å². The van der Waals surface area contributed by atoms with Gasteiger partial charge in [-0.15, -0.1) is 0 Å². The van der Waals surface area contributed by atoms with Gasteiger partial charge in [-0.3, -0.25) is 9.59 Å². The van der Waals surface area contributed by atoms with Crippen LogP contribution in [-0.2, 0) is 23.8 Å². The van der Waals surface area contributed by atoms with Gasteiger partial charge in [0.2, 0.25) is 0 Å². The number of carboxylic acids is 2. The van der Waals surface area contributed by atoms with Crippen LogP contribution in [0.2, 0.25) is 0 Å². The van der Waals surface area contributed by atoms with Crippen molar-refractivity contribution in [3.05, 3.63) is 0 Å². The Morgan fingerprint density at radius 3 is 1.29 bits per heavy atom. The maximum atomic E-state index is 11.1. The zero-order valence-electron chi connectivity index (χ0n) is 18.0. The summed E-state index contributed by atoms with van der Waals surface area (Å²) < 4.78 is 14.7. The number of hydrogen-bond acceptors (Lipinski definition) is 7. The highest BCUT2D eigenvalue weighted by atomic mass is 16.7. The maximum absolute atomic E-state index is 11.1. The smallest absolute Gasteiger partial charge is 0.481 e. The molecule has 3 N–H and O–H groups in total. The van der Waals surface area contributed by atoms with Crippen molar-refractivity contribution in [3.63, 3.8) is 0 Å². The lowest BCUT2D eigenvalue weighted by atomic mass is 10.1. The van der Waals surface area contributed by atoms with E-state index >= 15 is 0 Å². The zero-order valence-corrected chi connectivity index (χ0v) is 18.0. The Hall–Kier alpha value is -2.52. The lowest BCUT2D eigenvalue weighted by Crippen LogP contribution is -2.39. The highest BCUT2D eigenvalue weighted by Gasteiger charge is 2.27. The molecule has 0 spiro atoms. The molecule has 164 valence electrons. The summed E-state index contributed by atoms with van der Waals surface area (Å²) in [5.74, 6) is -4.69. The van der Waals surface area contributed by atoms with Crippen molar-refractivity contribution < 1.29 is 43.6 Å². The first-order valence-electron chi connectivity index (χ1n) is 8.58. The second-order valence-electron chi connectivity index (χ2n) is 8.79. The van der Waals surface area contributed by atoms with E-state index in [2.05, 4.69) is 5.32 Å². The Labute approximate surface area is 165 Å². The second-order valence-corrected chi connectivity index (χ2v) is 8.79. The molecule has 28 heavy (non-hydrogen) atoms. The third-order valence-electron chi connectivity index (χ3n) is 2.22. The van der Waals surface area contributed by atoms with Gasteiger partial charge in [0.15, 0.2) is 5.92 Å². The Bertz CT molecular complexity index is 519. The van der Waals surface area contributed by atoms with Crippen molar-refractivity contribution in [2.45, 2.75) is 79.1 Å². The van der Waals surface area contributed by atoms with Crippen LogP contribution in [0.4, 0.5) is 9.59 Å². The number of carbonyl (C=O) groups excluding carboxylic acids is 2. The molecule has 0 atom stereocenters. The Kier molecular flexibility index (Phi) is 10.6. The third kappa shape index (κ3) is 18.3. The van der Waals surface area contributed by atoms with Gasteiger partial charge >= 0.3 is 24.2 Å². The Morgan fingerprint density at radius 2 is 1.04 bits per heavy atom. The number of amides is 1. The molecule has 0 fully saturated rings. The molecule has 10 heteroatoms. The SMILES string of the molecule is CC(C)(C)OC(=O)NCC(C(=O)O)C(=O)O.CC(C)(C)OC(=O)OC(C)(C)C. The highest BCUT2D eigenvalue weighted by molar-refractivity contribution is 5.93. The molecule has 0 aromatic heterocycles. The highest BCUT2D eigenvalue weighted by Crippen LogP contribution is 2.13. The van der Waals surface area contributed by atoms with Crippen molar-refractivity contribution in [3.8, 4) is 0 Å². The molecule has 0 aliphatic carbocycles. The monoisotopic (exact) mass is 407 g/mol. The Morgan fingerprint density at radius 1 is 0.714 bits per heavy atom. The van der Waals surface area contributed by atoms with Crippen molar-refractivity contribution in [2.24, 2.45) is 5.92 Å². The average molecular weight is 407 g/mol. The van der Waals surface area contributed by atoms with Crippen LogP contribution >= 0.6 is 0 Å². The first-order chi connectivity index (χ1) is 12.2. The maximum Gasteiger partial charge on any atom is 0.509 e. The summed E-state index contributed by atoms with van der Waals surface area (Å²) in [6, 6.07) is 0. The fourth-order valence-electron chi connectivity index (χ4n) is 1.30. The number of nitrogens with one attached hydrogen (secondary N) is 1. The molecule has 0 aromatic carbocycles. The van der Waals surface area contributed by atoms with E-state index in [1.807, 2.05) is 0 Å². The number of hydrogen-bond donors (Lipinski definition) is 3. The van der Waals surface area contributed by atoms with Crippen molar-refractivity contribution >= 4 is 24.2 Å². The number of aliphatic carboxylic acids is 2. The number of carboxylic acid groups (broad SMARTS) is 2. The van der Waals surface area contributed by atoms with E-state index in [9.17, 15) is 19.2 Å². The van der Waals surface area contributed by atoms with Gasteiger partial charge in [-0.05, 0) is 62.3 Å². The van der Waals surface area contributed by atoms with E-state index in [1.54, 1.807) is 62.3 Å². The number of ether oxygens (including phenoxy) is 3. The molecular formula is C18H33NO9. The fraction of sp³-hybridized carbons (Fsp3) is 0.778. The summed E-state index contributed by atoms with van der Waals surface area (Å²) in [6.45, 7) is 15.2. The molecule has 0 aliphatic rings. The van der Waals surface area contributed by atoms with Gasteiger partial charge in [0.25, 0.3) is 0 Å². The molecule has 1 amide bonds. The first-order valence-corrected chi connectivity index (χ1v) is 8.58. The van der Waals surface area contributed by atoms with Gasteiger partial charge in [-0.2, -0.15) is 0 Å². The minimum atomic E-state index is -1.67. The van der Waals surface area contributed by atoms with Crippen molar-refractivity contribution in [2.75, 3.05) is 6.54 Å². The number of rotatable bonds is 4. The van der Waals surface area contributed by atoms with Gasteiger partial charge in [0, 0.05) is 6.54 Å². The minimum absolute atomic E-state index is 0.484. The summed E-state index contributed by atoms with van der Waals surface area (Å²) in [6.07, 6.45) is -1.46. The Balaban J connectivity index is 0. The molecule has 10 nitrogen and oxygen atoms in total. The van der Waals surface area contributed by atoms with Gasteiger partial charge in [-0.1, -0.05) is 0 Å². The fourth-order valence-corrected chi connectivity index (χ4v) is 1.30. The first kappa shape index (κ1) is 27.7. The molecule has 0 aliphatic heterocycles. The van der Waals surface area contributed by atoms with E-state index in [-0.39, 0.29) is 0 Å². The lowest BCUT2D eigenvalue weighted by Gasteiger charge is -2.24. The predicted molar refractivity (Wildman–Crippen MR) is 100 cm³/mol. The van der Waals surface area contributed by atoms with E-state index in [1.165, 1.54) is 0 Å². The van der Waals surface area contributed by atoms with Crippen LogP contribution in [-0.4, -0.2) is 57.7 Å². The minimum Gasteiger partial charge on any atom is -0.481 e. The van der Waals surface area contributed by atoms with Crippen LogP contribution in [0, 0.1) is 5.92 Å². The summed E-state index contributed by atoms with van der Waals surface area (Å²) in [7, 11) is 0.